The Kier molecular flexibility index (Phi) is 7.13. The molecule has 30 heavy (non-hydrogen) atoms. The van der Waals surface area contributed by atoms with Crippen LogP contribution in [0.2, 0.25) is 5.02 Å². The van der Waals surface area contributed by atoms with Crippen LogP contribution < -0.4 is 15.4 Å². The highest BCUT2D eigenvalue weighted by Crippen LogP contribution is 2.29. The molecule has 3 aromatic rings. The lowest BCUT2D eigenvalue weighted by Crippen LogP contribution is -2.30. The third kappa shape index (κ3) is 5.84. The number of carbonyl (C=O) groups is 2. The summed E-state index contributed by atoms with van der Waals surface area (Å²) in [6.45, 7) is 3.59. The molecular formula is C23H20BrClN2O3. The maximum Gasteiger partial charge on any atom is 0.265 e. The van der Waals surface area contributed by atoms with E-state index in [2.05, 4.69) is 26.6 Å². The molecule has 3 rings (SSSR count). The summed E-state index contributed by atoms with van der Waals surface area (Å²) in [6, 6.07) is 19.3. The maximum absolute atomic E-state index is 12.4. The molecule has 0 bridgehead atoms. The molecule has 0 aliphatic heterocycles. The average Bonchev–Trinajstić information content (AvgIpc) is 2.71. The van der Waals surface area contributed by atoms with Crippen molar-refractivity contribution in [1.82, 2.24) is 0 Å². The molecule has 0 saturated carbocycles. The highest BCUT2D eigenvalue weighted by atomic mass is 79.9. The van der Waals surface area contributed by atoms with Gasteiger partial charge in [-0.1, -0.05) is 29.3 Å². The lowest BCUT2D eigenvalue weighted by Gasteiger charge is -2.16. The van der Waals surface area contributed by atoms with E-state index >= 15 is 0 Å². The first kappa shape index (κ1) is 21.9. The van der Waals surface area contributed by atoms with E-state index < -0.39 is 6.10 Å². The predicted octanol–water partition coefficient (Wildman–Crippen LogP) is 6.07. The summed E-state index contributed by atoms with van der Waals surface area (Å²) in [5, 5.41) is 6.20. The summed E-state index contributed by atoms with van der Waals surface area (Å²) in [5.41, 5.74) is 2.84. The summed E-state index contributed by atoms with van der Waals surface area (Å²) in [4.78, 5) is 24.8. The topological polar surface area (TPSA) is 67.4 Å². The number of rotatable bonds is 6. The van der Waals surface area contributed by atoms with Gasteiger partial charge in [-0.05, 0) is 84.4 Å². The Bertz CT molecular complexity index is 1070. The number of carbonyl (C=O) groups excluding carboxylic acids is 2. The number of anilines is 2. The minimum absolute atomic E-state index is 0.189. The number of ether oxygens (including phenoxy) is 1. The van der Waals surface area contributed by atoms with Gasteiger partial charge in [0, 0.05) is 22.0 Å². The van der Waals surface area contributed by atoms with E-state index in [1.165, 1.54) is 0 Å². The molecule has 1 atom stereocenters. The fourth-order valence-electron chi connectivity index (χ4n) is 2.69. The van der Waals surface area contributed by atoms with E-state index in [9.17, 15) is 9.59 Å². The standard InChI is InChI=1S/C23H20BrClN2O3/c1-14-4-3-5-16(12-14)23(29)27-19-9-7-18(8-10-19)26-22(28)15(2)30-21-11-6-17(25)13-20(21)24/h3-13,15H,1-2H3,(H,26,28)(H,27,29). The minimum atomic E-state index is -0.719. The Balaban J connectivity index is 1.58. The van der Waals surface area contributed by atoms with Crippen LogP contribution in [0.5, 0.6) is 5.75 Å². The van der Waals surface area contributed by atoms with Gasteiger partial charge in [-0.25, -0.2) is 0 Å². The number of halogens is 2. The maximum atomic E-state index is 12.4. The van der Waals surface area contributed by atoms with Gasteiger partial charge in [0.25, 0.3) is 11.8 Å². The molecule has 2 amide bonds. The van der Waals surface area contributed by atoms with Crippen molar-refractivity contribution >= 4 is 50.7 Å². The Morgan fingerprint density at radius 1 is 0.967 bits per heavy atom. The van der Waals surface area contributed by atoms with Crippen molar-refractivity contribution in [3.8, 4) is 5.75 Å². The van der Waals surface area contributed by atoms with E-state index in [1.54, 1.807) is 55.5 Å². The highest BCUT2D eigenvalue weighted by Gasteiger charge is 2.16. The fourth-order valence-corrected chi connectivity index (χ4v) is 3.46. The minimum Gasteiger partial charge on any atom is -0.480 e. The first-order valence-corrected chi connectivity index (χ1v) is 10.4. The van der Waals surface area contributed by atoms with Crippen LogP contribution in [0.1, 0.15) is 22.8 Å². The van der Waals surface area contributed by atoms with Crippen LogP contribution in [0.25, 0.3) is 0 Å². The molecule has 154 valence electrons. The summed E-state index contributed by atoms with van der Waals surface area (Å²) in [6.07, 6.45) is -0.719. The second-order valence-corrected chi connectivity index (χ2v) is 8.02. The van der Waals surface area contributed by atoms with Crippen molar-refractivity contribution in [3.05, 3.63) is 87.4 Å². The van der Waals surface area contributed by atoms with E-state index in [-0.39, 0.29) is 11.8 Å². The summed E-state index contributed by atoms with van der Waals surface area (Å²) in [7, 11) is 0. The number of hydrogen-bond acceptors (Lipinski definition) is 3. The average molecular weight is 488 g/mol. The largest absolute Gasteiger partial charge is 0.480 e. The normalized spacial score (nSPS) is 11.5. The van der Waals surface area contributed by atoms with Gasteiger partial charge < -0.3 is 15.4 Å². The third-order valence-corrected chi connectivity index (χ3v) is 5.11. The molecule has 1 unspecified atom stereocenters. The Hall–Kier alpha value is -2.83. The van der Waals surface area contributed by atoms with Crippen LogP contribution in [0, 0.1) is 6.92 Å². The van der Waals surface area contributed by atoms with Crippen molar-refractivity contribution < 1.29 is 14.3 Å². The van der Waals surface area contributed by atoms with Crippen LogP contribution in [0.4, 0.5) is 11.4 Å². The van der Waals surface area contributed by atoms with Gasteiger partial charge in [0.2, 0.25) is 0 Å². The smallest absolute Gasteiger partial charge is 0.265 e. The van der Waals surface area contributed by atoms with E-state index in [1.807, 2.05) is 25.1 Å². The molecule has 5 nitrogen and oxygen atoms in total. The monoisotopic (exact) mass is 486 g/mol. The van der Waals surface area contributed by atoms with Crippen molar-refractivity contribution in [2.24, 2.45) is 0 Å². The van der Waals surface area contributed by atoms with Crippen LogP contribution >= 0.6 is 27.5 Å². The van der Waals surface area contributed by atoms with Crippen molar-refractivity contribution in [2.75, 3.05) is 10.6 Å². The Morgan fingerprint density at radius 3 is 2.27 bits per heavy atom. The first-order valence-electron chi connectivity index (χ1n) is 9.22. The molecule has 2 N–H and O–H groups in total. The van der Waals surface area contributed by atoms with Gasteiger partial charge in [-0.2, -0.15) is 0 Å². The first-order chi connectivity index (χ1) is 14.3. The van der Waals surface area contributed by atoms with E-state index in [0.717, 1.165) is 5.56 Å². The predicted molar refractivity (Wildman–Crippen MR) is 123 cm³/mol. The van der Waals surface area contributed by atoms with Crippen LogP contribution in [-0.2, 0) is 4.79 Å². The summed E-state index contributed by atoms with van der Waals surface area (Å²) >= 11 is 9.28. The van der Waals surface area contributed by atoms with Crippen LogP contribution in [-0.4, -0.2) is 17.9 Å². The quantitative estimate of drug-likeness (QED) is 0.443. The molecule has 7 heteroatoms. The molecule has 0 saturated heterocycles. The second kappa shape index (κ2) is 9.78. The number of amides is 2. The lowest BCUT2D eigenvalue weighted by molar-refractivity contribution is -0.122. The molecule has 0 heterocycles. The zero-order chi connectivity index (χ0) is 21.7. The number of hydrogen-bond donors (Lipinski definition) is 2. The van der Waals surface area contributed by atoms with Crippen molar-refractivity contribution in [2.45, 2.75) is 20.0 Å². The fraction of sp³-hybridized carbons (Fsp3) is 0.130. The van der Waals surface area contributed by atoms with Crippen LogP contribution in [0.3, 0.4) is 0 Å². The zero-order valence-corrected chi connectivity index (χ0v) is 18.8. The van der Waals surface area contributed by atoms with E-state index in [0.29, 0.717) is 32.2 Å². The van der Waals surface area contributed by atoms with Gasteiger partial charge in [0.15, 0.2) is 6.10 Å². The van der Waals surface area contributed by atoms with Gasteiger partial charge in [-0.3, -0.25) is 9.59 Å². The van der Waals surface area contributed by atoms with Crippen molar-refractivity contribution in [3.63, 3.8) is 0 Å². The molecule has 0 aliphatic carbocycles. The van der Waals surface area contributed by atoms with E-state index in [4.69, 9.17) is 16.3 Å². The van der Waals surface area contributed by atoms with Gasteiger partial charge in [-0.15, -0.1) is 0 Å². The Labute approximate surface area is 188 Å². The molecule has 0 fully saturated rings. The van der Waals surface area contributed by atoms with Crippen molar-refractivity contribution in [1.29, 1.82) is 0 Å². The Morgan fingerprint density at radius 2 is 1.63 bits per heavy atom. The third-order valence-electron chi connectivity index (χ3n) is 4.26. The van der Waals surface area contributed by atoms with Crippen LogP contribution in [0.15, 0.2) is 71.2 Å². The lowest BCUT2D eigenvalue weighted by atomic mass is 10.1. The SMILES string of the molecule is Cc1cccc(C(=O)Nc2ccc(NC(=O)C(C)Oc3ccc(Cl)cc3Br)cc2)c1. The second-order valence-electron chi connectivity index (χ2n) is 6.73. The summed E-state index contributed by atoms with van der Waals surface area (Å²) in [5.74, 6) is 0.0377. The molecule has 0 spiro atoms. The molecular weight excluding hydrogens is 468 g/mol. The molecule has 0 aliphatic rings. The number of nitrogens with one attached hydrogen (secondary N) is 2. The molecule has 3 aromatic carbocycles. The molecule has 0 radical (unpaired) electrons. The van der Waals surface area contributed by atoms with Gasteiger partial charge in [0.1, 0.15) is 5.75 Å². The van der Waals surface area contributed by atoms with Gasteiger partial charge in [0.05, 0.1) is 4.47 Å². The zero-order valence-electron chi connectivity index (χ0n) is 16.4. The van der Waals surface area contributed by atoms with Gasteiger partial charge >= 0.3 is 0 Å². The number of benzene rings is 3. The summed E-state index contributed by atoms with van der Waals surface area (Å²) < 4.78 is 6.36. The number of aryl methyl sites for hydroxylation is 1. The molecule has 0 aromatic heterocycles. The highest BCUT2D eigenvalue weighted by molar-refractivity contribution is 9.10.